The van der Waals surface area contributed by atoms with Gasteiger partial charge in [-0.2, -0.15) is 4.83 Å². The zero-order valence-electron chi connectivity index (χ0n) is 7.22. The SMILES string of the molecule is CCC(CC)NNS(C)(=O)=O. The van der Waals surface area contributed by atoms with Crippen molar-refractivity contribution in [2.45, 2.75) is 32.7 Å². The first-order valence-electron chi connectivity index (χ1n) is 3.72. The van der Waals surface area contributed by atoms with Crippen molar-refractivity contribution < 1.29 is 8.42 Å². The van der Waals surface area contributed by atoms with Crippen molar-refractivity contribution in [2.75, 3.05) is 6.26 Å². The molecule has 0 aliphatic rings. The monoisotopic (exact) mass is 180 g/mol. The highest BCUT2D eigenvalue weighted by molar-refractivity contribution is 7.88. The highest BCUT2D eigenvalue weighted by atomic mass is 32.2. The Morgan fingerprint density at radius 2 is 1.73 bits per heavy atom. The maximum Gasteiger partial charge on any atom is 0.221 e. The van der Waals surface area contributed by atoms with E-state index in [1.807, 2.05) is 13.8 Å². The summed E-state index contributed by atoms with van der Waals surface area (Å²) >= 11 is 0. The first-order chi connectivity index (χ1) is 4.99. The Kier molecular flexibility index (Phi) is 4.63. The van der Waals surface area contributed by atoms with Crippen LogP contribution in [0.3, 0.4) is 0 Å². The van der Waals surface area contributed by atoms with Crippen molar-refractivity contribution in [3.05, 3.63) is 0 Å². The zero-order valence-corrected chi connectivity index (χ0v) is 8.03. The minimum atomic E-state index is -3.10. The molecule has 0 aromatic rings. The minimum absolute atomic E-state index is 0.227. The summed E-state index contributed by atoms with van der Waals surface area (Å²) in [5.41, 5.74) is 2.72. The molecule has 0 spiro atoms. The maximum atomic E-state index is 10.6. The Hall–Kier alpha value is -0.130. The largest absolute Gasteiger partial charge is 0.241 e. The maximum absolute atomic E-state index is 10.6. The molecule has 68 valence electrons. The van der Waals surface area contributed by atoms with Gasteiger partial charge in [0.15, 0.2) is 0 Å². The molecule has 0 saturated heterocycles. The van der Waals surface area contributed by atoms with E-state index in [1.165, 1.54) is 0 Å². The van der Waals surface area contributed by atoms with E-state index in [0.29, 0.717) is 0 Å². The second-order valence-electron chi connectivity index (χ2n) is 2.53. The molecule has 0 aliphatic carbocycles. The molecule has 0 unspecified atom stereocenters. The van der Waals surface area contributed by atoms with Crippen molar-refractivity contribution >= 4 is 10.0 Å². The summed E-state index contributed by atoms with van der Waals surface area (Å²) in [5.74, 6) is 0. The van der Waals surface area contributed by atoms with E-state index in [0.717, 1.165) is 19.1 Å². The third kappa shape index (κ3) is 6.28. The lowest BCUT2D eigenvalue weighted by Gasteiger charge is -2.13. The van der Waals surface area contributed by atoms with Crippen LogP contribution in [0.25, 0.3) is 0 Å². The average Bonchev–Trinajstić information content (AvgIpc) is 1.88. The Bertz CT molecular complexity index is 185. The first kappa shape index (κ1) is 10.9. The van der Waals surface area contributed by atoms with Gasteiger partial charge in [0.2, 0.25) is 10.0 Å². The van der Waals surface area contributed by atoms with Gasteiger partial charge in [0.05, 0.1) is 6.26 Å². The smallest absolute Gasteiger partial charge is 0.221 e. The van der Waals surface area contributed by atoms with Gasteiger partial charge in [0.1, 0.15) is 0 Å². The second-order valence-corrected chi connectivity index (χ2v) is 4.28. The van der Waals surface area contributed by atoms with Crippen LogP contribution in [0.2, 0.25) is 0 Å². The molecule has 0 rings (SSSR count). The average molecular weight is 180 g/mol. The van der Waals surface area contributed by atoms with Gasteiger partial charge in [-0.1, -0.05) is 13.8 Å². The van der Waals surface area contributed by atoms with Crippen LogP contribution < -0.4 is 10.3 Å². The molecule has 0 amide bonds. The van der Waals surface area contributed by atoms with Gasteiger partial charge in [-0.05, 0) is 12.8 Å². The summed E-state index contributed by atoms with van der Waals surface area (Å²) in [6, 6.07) is 0.227. The lowest BCUT2D eigenvalue weighted by atomic mass is 10.2. The van der Waals surface area contributed by atoms with Crippen LogP contribution in [0.5, 0.6) is 0 Å². The topological polar surface area (TPSA) is 58.2 Å². The fourth-order valence-corrected chi connectivity index (χ4v) is 1.06. The summed E-state index contributed by atoms with van der Waals surface area (Å²) in [7, 11) is -3.10. The molecule has 0 aromatic heterocycles. The van der Waals surface area contributed by atoms with E-state index in [-0.39, 0.29) is 6.04 Å². The van der Waals surface area contributed by atoms with Crippen LogP contribution in [0.4, 0.5) is 0 Å². The van der Waals surface area contributed by atoms with E-state index < -0.39 is 10.0 Å². The molecular weight excluding hydrogens is 164 g/mol. The number of nitrogens with one attached hydrogen (secondary N) is 2. The molecule has 5 heteroatoms. The van der Waals surface area contributed by atoms with Crippen LogP contribution in [-0.4, -0.2) is 20.7 Å². The molecular formula is C6H16N2O2S. The highest BCUT2D eigenvalue weighted by Gasteiger charge is 2.04. The van der Waals surface area contributed by atoms with Gasteiger partial charge in [0.25, 0.3) is 0 Å². The standard InChI is InChI=1S/C6H16N2O2S/c1-4-6(5-2)7-8-11(3,9)10/h6-8H,4-5H2,1-3H3. The molecule has 0 aliphatic heterocycles. The summed E-state index contributed by atoms with van der Waals surface area (Å²) in [4.78, 5) is 2.25. The zero-order chi connectivity index (χ0) is 8.91. The van der Waals surface area contributed by atoms with E-state index >= 15 is 0 Å². The van der Waals surface area contributed by atoms with Crippen molar-refractivity contribution in [1.82, 2.24) is 10.3 Å². The Morgan fingerprint density at radius 3 is 2.00 bits per heavy atom. The molecule has 0 saturated carbocycles. The van der Waals surface area contributed by atoms with Gasteiger partial charge in [0, 0.05) is 6.04 Å². The number of hydrogen-bond donors (Lipinski definition) is 2. The summed E-state index contributed by atoms with van der Waals surface area (Å²) in [6.45, 7) is 4.01. The number of hydrogen-bond acceptors (Lipinski definition) is 3. The molecule has 0 aromatic carbocycles. The molecule has 2 N–H and O–H groups in total. The van der Waals surface area contributed by atoms with Gasteiger partial charge < -0.3 is 0 Å². The van der Waals surface area contributed by atoms with Crippen molar-refractivity contribution in [1.29, 1.82) is 0 Å². The quantitative estimate of drug-likeness (QED) is 0.595. The van der Waals surface area contributed by atoms with Crippen molar-refractivity contribution in [3.63, 3.8) is 0 Å². The first-order valence-corrected chi connectivity index (χ1v) is 5.61. The molecule has 0 fully saturated rings. The van der Waals surface area contributed by atoms with Crippen molar-refractivity contribution in [2.24, 2.45) is 0 Å². The molecule has 4 nitrogen and oxygen atoms in total. The lowest BCUT2D eigenvalue weighted by molar-refractivity contribution is 0.458. The summed E-state index contributed by atoms with van der Waals surface area (Å²) < 4.78 is 21.2. The highest BCUT2D eigenvalue weighted by Crippen LogP contribution is 1.93. The predicted molar refractivity (Wildman–Crippen MR) is 45.5 cm³/mol. The van der Waals surface area contributed by atoms with Crippen LogP contribution in [0.1, 0.15) is 26.7 Å². The molecule has 0 radical (unpaired) electrons. The Balaban J connectivity index is 3.69. The number of sulfonamides is 1. The van der Waals surface area contributed by atoms with E-state index in [4.69, 9.17) is 0 Å². The number of rotatable bonds is 5. The third-order valence-electron chi connectivity index (χ3n) is 1.43. The van der Waals surface area contributed by atoms with Crippen LogP contribution in [0.15, 0.2) is 0 Å². The molecule has 0 heterocycles. The van der Waals surface area contributed by atoms with E-state index in [1.54, 1.807) is 0 Å². The summed E-state index contributed by atoms with van der Waals surface area (Å²) in [5, 5.41) is 0. The van der Waals surface area contributed by atoms with Gasteiger partial charge in [-0.15, -0.1) is 0 Å². The number of hydrazine groups is 1. The summed E-state index contributed by atoms with van der Waals surface area (Å²) in [6.07, 6.45) is 2.96. The van der Waals surface area contributed by atoms with Gasteiger partial charge in [-0.3, -0.25) is 0 Å². The fraction of sp³-hybridized carbons (Fsp3) is 1.00. The van der Waals surface area contributed by atoms with Crippen LogP contribution >= 0.6 is 0 Å². The third-order valence-corrected chi connectivity index (χ3v) is 1.92. The lowest BCUT2D eigenvalue weighted by Crippen LogP contribution is -2.43. The van der Waals surface area contributed by atoms with E-state index in [9.17, 15) is 8.42 Å². The molecule has 0 atom stereocenters. The molecule has 0 bridgehead atoms. The molecule has 11 heavy (non-hydrogen) atoms. The van der Waals surface area contributed by atoms with Crippen molar-refractivity contribution in [3.8, 4) is 0 Å². The Morgan fingerprint density at radius 1 is 1.27 bits per heavy atom. The second kappa shape index (κ2) is 4.69. The van der Waals surface area contributed by atoms with E-state index in [2.05, 4.69) is 10.3 Å². The van der Waals surface area contributed by atoms with Crippen LogP contribution in [0, 0.1) is 0 Å². The van der Waals surface area contributed by atoms with Gasteiger partial charge >= 0.3 is 0 Å². The van der Waals surface area contributed by atoms with Crippen LogP contribution in [-0.2, 0) is 10.0 Å². The predicted octanol–water partition coefficient (Wildman–Crippen LogP) is 0.229. The fourth-order valence-electron chi connectivity index (χ4n) is 0.683. The normalized spacial score (nSPS) is 12.4. The van der Waals surface area contributed by atoms with Gasteiger partial charge in [-0.25, -0.2) is 13.8 Å². The minimum Gasteiger partial charge on any atom is -0.241 e. The Labute approximate surface area is 68.4 Å².